The van der Waals surface area contributed by atoms with E-state index in [0.717, 1.165) is 35.0 Å². The maximum atomic E-state index is 12.6. The molecular formula is C21H24N4OS. The molecule has 27 heavy (non-hydrogen) atoms. The van der Waals surface area contributed by atoms with Crippen molar-refractivity contribution in [3.63, 3.8) is 0 Å². The molecule has 0 unspecified atom stereocenters. The molecule has 4 rings (SSSR count). The molecule has 6 heteroatoms. The van der Waals surface area contributed by atoms with E-state index in [1.54, 1.807) is 11.3 Å². The molecule has 0 radical (unpaired) electrons. The van der Waals surface area contributed by atoms with Crippen molar-refractivity contribution in [1.29, 1.82) is 0 Å². The number of benzene rings is 2. The van der Waals surface area contributed by atoms with Crippen molar-refractivity contribution in [2.75, 3.05) is 36.4 Å². The van der Waals surface area contributed by atoms with Gasteiger partial charge < -0.3 is 15.1 Å². The second kappa shape index (κ2) is 7.19. The lowest BCUT2D eigenvalue weighted by Gasteiger charge is -2.34. The van der Waals surface area contributed by atoms with Gasteiger partial charge in [0.25, 0.3) is 0 Å². The Morgan fingerprint density at radius 2 is 1.74 bits per heavy atom. The number of anilines is 2. The summed E-state index contributed by atoms with van der Waals surface area (Å²) >= 11 is 1.74. The standard InChI is InChI=1S/C21H24N4OS/c1-14-8-9-18-19(16(14)3)23-21(27-18)25-12-10-24(11-13-25)20(26)22-17-7-5-4-6-15(17)2/h4-9H,10-13H2,1-3H3,(H,22,26). The van der Waals surface area contributed by atoms with Gasteiger partial charge in [0.15, 0.2) is 5.13 Å². The lowest BCUT2D eigenvalue weighted by atomic mass is 10.1. The van der Waals surface area contributed by atoms with E-state index < -0.39 is 0 Å². The van der Waals surface area contributed by atoms with Crippen LogP contribution < -0.4 is 10.2 Å². The minimum absolute atomic E-state index is 0.0280. The molecule has 1 aliphatic rings. The van der Waals surface area contributed by atoms with Gasteiger partial charge in [0.2, 0.25) is 0 Å². The van der Waals surface area contributed by atoms with E-state index in [1.165, 1.54) is 15.8 Å². The zero-order valence-corrected chi connectivity index (χ0v) is 16.8. The molecule has 2 aromatic carbocycles. The predicted molar refractivity (Wildman–Crippen MR) is 113 cm³/mol. The first-order valence-electron chi connectivity index (χ1n) is 9.26. The zero-order valence-electron chi connectivity index (χ0n) is 16.0. The summed E-state index contributed by atoms with van der Waals surface area (Å²) in [5.74, 6) is 0. The molecule has 1 fully saturated rings. The quantitative estimate of drug-likeness (QED) is 0.708. The van der Waals surface area contributed by atoms with E-state index in [-0.39, 0.29) is 6.03 Å². The summed E-state index contributed by atoms with van der Waals surface area (Å²) in [6.07, 6.45) is 0. The number of aromatic nitrogens is 1. The Morgan fingerprint density at radius 1 is 1.00 bits per heavy atom. The summed E-state index contributed by atoms with van der Waals surface area (Å²) in [5.41, 5.74) is 5.59. The third kappa shape index (κ3) is 3.49. The van der Waals surface area contributed by atoms with Crippen LogP contribution in [-0.2, 0) is 0 Å². The molecule has 0 aliphatic carbocycles. The topological polar surface area (TPSA) is 48.5 Å². The normalized spacial score (nSPS) is 14.6. The lowest BCUT2D eigenvalue weighted by molar-refractivity contribution is 0.208. The highest BCUT2D eigenvalue weighted by Gasteiger charge is 2.23. The summed E-state index contributed by atoms with van der Waals surface area (Å²) in [7, 11) is 0. The van der Waals surface area contributed by atoms with Gasteiger partial charge in [-0.1, -0.05) is 35.6 Å². The fourth-order valence-electron chi connectivity index (χ4n) is 3.36. The molecule has 3 aromatic rings. The highest BCUT2D eigenvalue weighted by atomic mass is 32.1. The SMILES string of the molecule is Cc1ccccc1NC(=O)N1CCN(c2nc3c(C)c(C)ccc3s2)CC1. The van der Waals surface area contributed by atoms with E-state index in [2.05, 4.69) is 36.2 Å². The maximum Gasteiger partial charge on any atom is 0.321 e. The number of amides is 2. The Bertz CT molecular complexity index is 989. The number of nitrogens with one attached hydrogen (secondary N) is 1. The van der Waals surface area contributed by atoms with E-state index in [9.17, 15) is 4.79 Å². The Balaban J connectivity index is 1.42. The van der Waals surface area contributed by atoms with Crippen LogP contribution in [0.1, 0.15) is 16.7 Å². The first-order chi connectivity index (χ1) is 13.0. The second-order valence-electron chi connectivity index (χ2n) is 7.07. The van der Waals surface area contributed by atoms with Crippen LogP contribution in [0.4, 0.5) is 15.6 Å². The van der Waals surface area contributed by atoms with Crippen LogP contribution in [0.25, 0.3) is 10.2 Å². The van der Waals surface area contributed by atoms with Gasteiger partial charge in [-0.25, -0.2) is 9.78 Å². The predicted octanol–water partition coefficient (Wildman–Crippen LogP) is 4.58. The Labute approximate surface area is 163 Å². The number of hydrogen-bond donors (Lipinski definition) is 1. The van der Waals surface area contributed by atoms with Crippen LogP contribution in [-0.4, -0.2) is 42.1 Å². The molecule has 2 amide bonds. The number of para-hydroxylation sites is 1. The van der Waals surface area contributed by atoms with Crippen molar-refractivity contribution in [1.82, 2.24) is 9.88 Å². The van der Waals surface area contributed by atoms with Gasteiger partial charge in [-0.2, -0.15) is 0 Å². The number of carbonyl (C=O) groups is 1. The van der Waals surface area contributed by atoms with Crippen LogP contribution >= 0.6 is 11.3 Å². The van der Waals surface area contributed by atoms with Crippen LogP contribution in [0.3, 0.4) is 0 Å². The van der Waals surface area contributed by atoms with Crippen LogP contribution in [0, 0.1) is 20.8 Å². The number of hydrogen-bond acceptors (Lipinski definition) is 4. The third-order valence-electron chi connectivity index (χ3n) is 5.30. The maximum absolute atomic E-state index is 12.6. The number of urea groups is 1. The molecule has 2 heterocycles. The summed E-state index contributed by atoms with van der Waals surface area (Å²) in [4.78, 5) is 21.6. The number of thiazole rings is 1. The zero-order chi connectivity index (χ0) is 19.0. The minimum Gasteiger partial charge on any atom is -0.345 e. The number of rotatable bonds is 2. The van der Waals surface area contributed by atoms with Crippen molar-refractivity contribution in [3.8, 4) is 0 Å². The molecule has 0 spiro atoms. The van der Waals surface area contributed by atoms with Crippen LogP contribution in [0.2, 0.25) is 0 Å². The summed E-state index contributed by atoms with van der Waals surface area (Å²) in [6.45, 7) is 9.27. The third-order valence-corrected chi connectivity index (χ3v) is 6.38. The Morgan fingerprint density at radius 3 is 2.48 bits per heavy atom. The summed E-state index contributed by atoms with van der Waals surface area (Å²) in [6, 6.07) is 12.2. The monoisotopic (exact) mass is 380 g/mol. The summed E-state index contributed by atoms with van der Waals surface area (Å²) in [5, 5.41) is 4.08. The van der Waals surface area contributed by atoms with E-state index in [1.807, 2.05) is 36.1 Å². The molecule has 140 valence electrons. The van der Waals surface area contributed by atoms with E-state index in [4.69, 9.17) is 4.98 Å². The fraction of sp³-hybridized carbons (Fsp3) is 0.333. The van der Waals surface area contributed by atoms with E-state index >= 15 is 0 Å². The number of fused-ring (bicyclic) bond motifs is 1. The molecule has 1 N–H and O–H groups in total. The van der Waals surface area contributed by atoms with Gasteiger partial charge in [-0.15, -0.1) is 0 Å². The Kier molecular flexibility index (Phi) is 4.74. The molecule has 0 bridgehead atoms. The van der Waals surface area contributed by atoms with Gasteiger partial charge >= 0.3 is 6.03 Å². The first kappa shape index (κ1) is 17.8. The number of nitrogens with zero attached hydrogens (tertiary/aromatic N) is 3. The number of piperazine rings is 1. The summed E-state index contributed by atoms with van der Waals surface area (Å²) < 4.78 is 1.23. The van der Waals surface area contributed by atoms with Gasteiger partial charge in [0.1, 0.15) is 0 Å². The van der Waals surface area contributed by atoms with Gasteiger partial charge in [0.05, 0.1) is 10.2 Å². The van der Waals surface area contributed by atoms with Gasteiger partial charge in [0, 0.05) is 31.9 Å². The van der Waals surface area contributed by atoms with Gasteiger partial charge in [-0.3, -0.25) is 0 Å². The molecular weight excluding hydrogens is 356 g/mol. The highest BCUT2D eigenvalue weighted by Crippen LogP contribution is 2.32. The molecule has 1 aromatic heterocycles. The Hall–Kier alpha value is -2.60. The average molecular weight is 381 g/mol. The molecule has 1 saturated heterocycles. The molecule has 5 nitrogen and oxygen atoms in total. The molecule has 0 atom stereocenters. The van der Waals surface area contributed by atoms with Crippen LogP contribution in [0.5, 0.6) is 0 Å². The minimum atomic E-state index is -0.0280. The van der Waals surface area contributed by atoms with Gasteiger partial charge in [-0.05, 0) is 49.6 Å². The van der Waals surface area contributed by atoms with Crippen molar-refractivity contribution in [2.24, 2.45) is 0 Å². The second-order valence-corrected chi connectivity index (χ2v) is 8.08. The highest BCUT2D eigenvalue weighted by molar-refractivity contribution is 7.22. The number of carbonyl (C=O) groups excluding carboxylic acids is 1. The smallest absolute Gasteiger partial charge is 0.321 e. The largest absolute Gasteiger partial charge is 0.345 e. The average Bonchev–Trinajstić information content (AvgIpc) is 3.12. The van der Waals surface area contributed by atoms with Crippen LogP contribution in [0.15, 0.2) is 36.4 Å². The molecule has 0 saturated carbocycles. The molecule has 1 aliphatic heterocycles. The van der Waals surface area contributed by atoms with Crippen molar-refractivity contribution >= 4 is 38.4 Å². The van der Waals surface area contributed by atoms with Crippen molar-refractivity contribution < 1.29 is 4.79 Å². The lowest BCUT2D eigenvalue weighted by Crippen LogP contribution is -2.50. The number of aryl methyl sites for hydroxylation is 3. The van der Waals surface area contributed by atoms with E-state index in [0.29, 0.717) is 13.1 Å². The first-order valence-corrected chi connectivity index (χ1v) is 10.1. The van der Waals surface area contributed by atoms with Crippen molar-refractivity contribution in [2.45, 2.75) is 20.8 Å². The fourth-order valence-corrected chi connectivity index (χ4v) is 4.43. The van der Waals surface area contributed by atoms with Crippen molar-refractivity contribution in [3.05, 3.63) is 53.1 Å².